The summed E-state index contributed by atoms with van der Waals surface area (Å²) in [5.41, 5.74) is 1.15. The average molecular weight is 541 g/mol. The van der Waals surface area contributed by atoms with Crippen molar-refractivity contribution in [2.45, 2.75) is 31.1 Å². The first-order chi connectivity index (χ1) is 14.7. The molecule has 0 spiro atoms. The number of hydrogen-bond acceptors (Lipinski definition) is 2. The van der Waals surface area contributed by atoms with Crippen LogP contribution in [0.4, 0.5) is 0 Å². The molecule has 5 rings (SSSR count). The molecule has 30 heavy (non-hydrogen) atoms. The molecule has 0 atom stereocenters. The van der Waals surface area contributed by atoms with Crippen LogP contribution in [0.15, 0.2) is 122 Å². The Labute approximate surface area is 195 Å². The molecule has 0 N–H and O–H groups in total. The van der Waals surface area contributed by atoms with Crippen LogP contribution in [0.2, 0.25) is 0 Å². The maximum atomic E-state index is 13.1. The van der Waals surface area contributed by atoms with Gasteiger partial charge in [-0.3, -0.25) is 0 Å². The maximum Gasteiger partial charge on any atom is 0.183 e. The second-order valence-corrected chi connectivity index (χ2v) is 11.5. The highest BCUT2D eigenvalue weighted by Crippen LogP contribution is 2.43. The molecule has 0 bridgehead atoms. The Morgan fingerprint density at radius 3 is 1.90 bits per heavy atom. The van der Waals surface area contributed by atoms with Crippen molar-refractivity contribution in [3.8, 4) is 5.75 Å². The smallest absolute Gasteiger partial charge is 0.183 e. The van der Waals surface area contributed by atoms with Crippen molar-refractivity contribution in [1.82, 2.24) is 0 Å². The standard InChI is InChI=1S/C25H18IO2S2/c26-19-11-9-18(10-12-19)17-28-20-13-15-21(16-14-20)29-22-5-1-3-7-24(22)30(27)25-8-4-2-6-23(25)29/h1-16H,17H2/q+1. The first-order valence-electron chi connectivity index (χ1n) is 9.52. The van der Waals surface area contributed by atoms with E-state index in [0.29, 0.717) is 6.61 Å². The Balaban J connectivity index is 1.45. The molecular weight excluding hydrogens is 523 g/mol. The van der Waals surface area contributed by atoms with Crippen LogP contribution < -0.4 is 4.74 Å². The number of hydrogen-bond donors (Lipinski definition) is 0. The zero-order chi connectivity index (χ0) is 20.5. The summed E-state index contributed by atoms with van der Waals surface area (Å²) in [7, 11) is -1.41. The second-order valence-electron chi connectivity index (χ2n) is 6.85. The predicted molar refractivity (Wildman–Crippen MR) is 130 cm³/mol. The number of benzene rings is 4. The van der Waals surface area contributed by atoms with Crippen LogP contribution in [0, 0.1) is 3.57 Å². The van der Waals surface area contributed by atoms with Crippen molar-refractivity contribution in [2.75, 3.05) is 0 Å². The third-order valence-electron chi connectivity index (χ3n) is 4.92. The van der Waals surface area contributed by atoms with E-state index in [-0.39, 0.29) is 10.9 Å². The van der Waals surface area contributed by atoms with Crippen molar-refractivity contribution in [3.63, 3.8) is 0 Å². The zero-order valence-corrected chi connectivity index (χ0v) is 19.7. The maximum absolute atomic E-state index is 13.1. The minimum atomic E-state index is -1.13. The summed E-state index contributed by atoms with van der Waals surface area (Å²) in [6, 6.07) is 32.9. The summed E-state index contributed by atoms with van der Waals surface area (Å²) in [6.45, 7) is 0.548. The van der Waals surface area contributed by atoms with Crippen LogP contribution in [0.5, 0.6) is 5.75 Å². The fourth-order valence-corrected chi connectivity index (χ4v) is 8.03. The lowest BCUT2D eigenvalue weighted by Crippen LogP contribution is -2.16. The molecule has 1 aliphatic rings. The Bertz CT molecular complexity index is 1170. The summed E-state index contributed by atoms with van der Waals surface area (Å²) >= 11 is 2.30. The molecule has 1 heterocycles. The lowest BCUT2D eigenvalue weighted by molar-refractivity contribution is 0.306. The Morgan fingerprint density at radius 1 is 0.733 bits per heavy atom. The molecule has 5 heteroatoms. The van der Waals surface area contributed by atoms with Crippen LogP contribution in [0.3, 0.4) is 0 Å². The quantitative estimate of drug-likeness (QED) is 0.193. The van der Waals surface area contributed by atoms with Gasteiger partial charge < -0.3 is 4.74 Å². The van der Waals surface area contributed by atoms with Crippen LogP contribution in [-0.2, 0) is 28.3 Å². The van der Waals surface area contributed by atoms with E-state index in [9.17, 15) is 4.21 Å². The van der Waals surface area contributed by atoms with Crippen molar-refractivity contribution in [2.24, 2.45) is 0 Å². The molecule has 0 saturated carbocycles. The number of ether oxygens (including phenoxy) is 1. The van der Waals surface area contributed by atoms with Crippen molar-refractivity contribution in [1.29, 1.82) is 0 Å². The van der Waals surface area contributed by atoms with Gasteiger partial charge in [0, 0.05) is 3.57 Å². The predicted octanol–water partition coefficient (Wildman–Crippen LogP) is 6.45. The van der Waals surface area contributed by atoms with Gasteiger partial charge in [0.25, 0.3) is 0 Å². The number of rotatable bonds is 4. The molecule has 2 nitrogen and oxygen atoms in total. The van der Waals surface area contributed by atoms with E-state index in [1.165, 1.54) is 8.47 Å². The Morgan fingerprint density at radius 2 is 1.30 bits per heavy atom. The van der Waals surface area contributed by atoms with Crippen molar-refractivity contribution in [3.05, 3.63) is 106 Å². The van der Waals surface area contributed by atoms with Gasteiger partial charge >= 0.3 is 0 Å². The first kappa shape index (κ1) is 19.8. The van der Waals surface area contributed by atoms with Gasteiger partial charge in [0.15, 0.2) is 14.7 Å². The Kier molecular flexibility index (Phi) is 5.67. The zero-order valence-electron chi connectivity index (χ0n) is 16.0. The molecule has 4 aromatic carbocycles. The summed E-state index contributed by atoms with van der Waals surface area (Å²) in [6.07, 6.45) is 0. The van der Waals surface area contributed by atoms with Crippen molar-refractivity contribution < 1.29 is 8.95 Å². The molecule has 0 radical (unpaired) electrons. The summed E-state index contributed by atoms with van der Waals surface area (Å²) in [5, 5.41) is 0. The minimum absolute atomic E-state index is 0.279. The van der Waals surface area contributed by atoms with E-state index in [0.717, 1.165) is 30.9 Å². The van der Waals surface area contributed by atoms with E-state index in [2.05, 4.69) is 71.1 Å². The van der Waals surface area contributed by atoms with Crippen LogP contribution in [0.25, 0.3) is 0 Å². The number of fused-ring (bicyclic) bond motifs is 2. The van der Waals surface area contributed by atoms with Gasteiger partial charge in [-0.2, -0.15) is 0 Å². The topological polar surface area (TPSA) is 26.3 Å². The molecule has 148 valence electrons. The highest BCUT2D eigenvalue weighted by atomic mass is 127. The lowest BCUT2D eigenvalue weighted by atomic mass is 10.2. The summed E-state index contributed by atoms with van der Waals surface area (Å²) in [4.78, 5) is 5.31. The molecule has 0 amide bonds. The normalized spacial score (nSPS) is 17.1. The molecule has 0 aromatic heterocycles. The highest BCUT2D eigenvalue weighted by molar-refractivity contribution is 14.1. The molecular formula is C25H18IO2S2+. The van der Waals surface area contributed by atoms with E-state index < -0.39 is 10.8 Å². The van der Waals surface area contributed by atoms with Gasteiger partial charge in [-0.1, -0.05) is 36.4 Å². The fourth-order valence-electron chi connectivity index (χ4n) is 3.45. The Hall–Kier alpha value is -2.09. The van der Waals surface area contributed by atoms with Crippen LogP contribution in [-0.4, -0.2) is 4.21 Å². The van der Waals surface area contributed by atoms with Gasteiger partial charge in [-0.05, 0) is 88.8 Å². The van der Waals surface area contributed by atoms with Crippen LogP contribution >= 0.6 is 22.6 Å². The SMILES string of the molecule is O=S1c2ccccc2[S+](c2ccc(OCc3ccc(I)cc3)cc2)c2ccccc21. The summed E-state index contributed by atoms with van der Waals surface area (Å²) in [5.74, 6) is 0.850. The lowest BCUT2D eigenvalue weighted by Gasteiger charge is -2.18. The van der Waals surface area contributed by atoms with E-state index in [1.807, 2.05) is 48.5 Å². The van der Waals surface area contributed by atoms with E-state index in [4.69, 9.17) is 4.74 Å². The van der Waals surface area contributed by atoms with Gasteiger partial charge in [-0.25, -0.2) is 4.21 Å². The third-order valence-corrected chi connectivity index (χ3v) is 9.74. The van der Waals surface area contributed by atoms with Gasteiger partial charge in [0.1, 0.15) is 23.3 Å². The summed E-state index contributed by atoms with van der Waals surface area (Å²) < 4.78 is 20.3. The average Bonchev–Trinajstić information content (AvgIpc) is 2.80. The molecule has 4 aromatic rings. The number of halogens is 1. The monoisotopic (exact) mass is 541 g/mol. The second kappa shape index (κ2) is 8.57. The van der Waals surface area contributed by atoms with Gasteiger partial charge in [-0.15, -0.1) is 0 Å². The van der Waals surface area contributed by atoms with Crippen LogP contribution in [0.1, 0.15) is 5.56 Å². The highest BCUT2D eigenvalue weighted by Gasteiger charge is 2.40. The largest absolute Gasteiger partial charge is 0.489 e. The fraction of sp³-hybridized carbons (Fsp3) is 0.0400. The van der Waals surface area contributed by atoms with E-state index in [1.54, 1.807) is 0 Å². The van der Waals surface area contributed by atoms with Crippen molar-refractivity contribution >= 4 is 44.3 Å². The third kappa shape index (κ3) is 3.82. The van der Waals surface area contributed by atoms with E-state index >= 15 is 0 Å². The molecule has 0 fully saturated rings. The first-order valence-corrected chi connectivity index (χ1v) is 13.0. The van der Waals surface area contributed by atoms with Gasteiger partial charge in [0.05, 0.1) is 20.6 Å². The molecule has 0 saturated heterocycles. The minimum Gasteiger partial charge on any atom is -0.489 e. The molecule has 0 aliphatic carbocycles. The van der Waals surface area contributed by atoms with Gasteiger partial charge in [0.2, 0.25) is 0 Å². The molecule has 0 unspecified atom stereocenters. The molecule has 1 aliphatic heterocycles.